The normalized spacial score (nSPS) is 15.7. The van der Waals surface area contributed by atoms with E-state index in [1.54, 1.807) is 7.05 Å². The molecule has 8 nitrogen and oxygen atoms in total. The molecule has 32 heavy (non-hydrogen) atoms. The smallest absolute Gasteiger partial charge is 0.319 e. The number of rotatable bonds is 7. The number of hydrogen-bond donors (Lipinski definition) is 2. The van der Waals surface area contributed by atoms with Crippen LogP contribution in [0.25, 0.3) is 0 Å². The molecule has 0 unspecified atom stereocenters. The van der Waals surface area contributed by atoms with Gasteiger partial charge in [-0.1, -0.05) is 0 Å². The van der Waals surface area contributed by atoms with E-state index in [9.17, 15) is 17.6 Å². The molecule has 0 atom stereocenters. The first kappa shape index (κ1) is 24.1. The first-order valence-electron chi connectivity index (χ1n) is 10.6. The minimum atomic E-state index is -3.66. The predicted molar refractivity (Wildman–Crippen MR) is 122 cm³/mol. The largest absolute Gasteiger partial charge is 0.337 e. The van der Waals surface area contributed by atoms with Crippen LogP contribution in [0.2, 0.25) is 0 Å². The van der Waals surface area contributed by atoms with Crippen molar-refractivity contribution in [3.05, 3.63) is 53.6 Å². The Morgan fingerprint density at radius 1 is 1.16 bits per heavy atom. The van der Waals surface area contributed by atoms with E-state index in [0.717, 1.165) is 36.6 Å². The Morgan fingerprint density at radius 2 is 1.75 bits per heavy atom. The zero-order chi connectivity index (χ0) is 23.3. The van der Waals surface area contributed by atoms with Gasteiger partial charge >= 0.3 is 6.03 Å². The number of pyridine rings is 1. The Bertz CT molecular complexity index is 1020. The summed E-state index contributed by atoms with van der Waals surface area (Å²) in [6, 6.07) is 8.14. The van der Waals surface area contributed by atoms with Crippen LogP contribution in [0.1, 0.15) is 24.2 Å². The van der Waals surface area contributed by atoms with Crippen molar-refractivity contribution in [2.24, 2.45) is 0 Å². The van der Waals surface area contributed by atoms with Gasteiger partial charge in [-0.25, -0.2) is 17.6 Å². The number of sulfonamides is 1. The Labute approximate surface area is 188 Å². The molecule has 1 aliphatic heterocycles. The van der Waals surface area contributed by atoms with E-state index in [1.165, 1.54) is 16.4 Å². The fourth-order valence-corrected chi connectivity index (χ4v) is 5.30. The summed E-state index contributed by atoms with van der Waals surface area (Å²) in [4.78, 5) is 18.7. The number of nitrogens with zero attached hydrogens (tertiary/aromatic N) is 3. The summed E-state index contributed by atoms with van der Waals surface area (Å²) in [5.74, 6) is -0.465. The molecule has 0 saturated carbocycles. The van der Waals surface area contributed by atoms with Gasteiger partial charge in [0, 0.05) is 43.3 Å². The van der Waals surface area contributed by atoms with E-state index in [1.807, 2.05) is 26.0 Å². The van der Waals surface area contributed by atoms with Crippen molar-refractivity contribution in [2.45, 2.75) is 37.6 Å². The molecule has 0 spiro atoms. The summed E-state index contributed by atoms with van der Waals surface area (Å²) >= 11 is 0. The van der Waals surface area contributed by atoms with E-state index in [4.69, 9.17) is 0 Å². The summed E-state index contributed by atoms with van der Waals surface area (Å²) in [5, 5.41) is 5.67. The Morgan fingerprint density at radius 3 is 2.34 bits per heavy atom. The lowest BCUT2D eigenvalue weighted by atomic mass is 10.1. The van der Waals surface area contributed by atoms with Gasteiger partial charge in [0.05, 0.1) is 4.90 Å². The lowest BCUT2D eigenvalue weighted by molar-refractivity contribution is 0.170. The van der Waals surface area contributed by atoms with Crippen molar-refractivity contribution in [1.82, 2.24) is 19.5 Å². The van der Waals surface area contributed by atoms with Gasteiger partial charge in [0.25, 0.3) is 0 Å². The zero-order valence-electron chi connectivity index (χ0n) is 18.6. The minimum absolute atomic E-state index is 0.0960. The number of anilines is 1. The van der Waals surface area contributed by atoms with Crippen molar-refractivity contribution in [2.75, 3.05) is 38.5 Å². The second-order valence-electron chi connectivity index (χ2n) is 8.07. The molecule has 1 aromatic heterocycles. The maximum Gasteiger partial charge on any atom is 0.319 e. The van der Waals surface area contributed by atoms with Crippen LogP contribution >= 0.6 is 0 Å². The standard InChI is InChI=1S/C22H30FN5O3S/c1-16-14-19(15-17(2)25-16)26-22(29)24-10-13-28-11-8-20(9-12-28)27(3)32(30,31)21-6-4-18(23)5-7-21/h4-7,14-15,20H,8-13H2,1-3H3,(H2,24,25,26,29). The molecule has 1 saturated heterocycles. The van der Waals surface area contributed by atoms with Crippen LogP contribution in [0, 0.1) is 19.7 Å². The van der Waals surface area contributed by atoms with Crippen molar-refractivity contribution < 1.29 is 17.6 Å². The number of halogens is 1. The van der Waals surface area contributed by atoms with Gasteiger partial charge in [-0.3, -0.25) is 4.98 Å². The highest BCUT2D eigenvalue weighted by atomic mass is 32.2. The number of hydrogen-bond acceptors (Lipinski definition) is 5. The molecule has 0 bridgehead atoms. The maximum atomic E-state index is 13.1. The maximum absolute atomic E-state index is 13.1. The third-order valence-corrected chi connectivity index (χ3v) is 7.54. The fraction of sp³-hybridized carbons (Fsp3) is 0.455. The van der Waals surface area contributed by atoms with Crippen molar-refractivity contribution in [1.29, 1.82) is 0 Å². The topological polar surface area (TPSA) is 94.6 Å². The zero-order valence-corrected chi connectivity index (χ0v) is 19.5. The van der Waals surface area contributed by atoms with Gasteiger partial charge < -0.3 is 15.5 Å². The van der Waals surface area contributed by atoms with Crippen LogP contribution in [-0.2, 0) is 10.0 Å². The highest BCUT2D eigenvalue weighted by Crippen LogP contribution is 2.23. The summed E-state index contributed by atoms with van der Waals surface area (Å²) in [6.07, 6.45) is 1.39. The van der Waals surface area contributed by atoms with Gasteiger partial charge in [0.2, 0.25) is 10.0 Å². The molecule has 1 aliphatic rings. The number of aryl methyl sites for hydroxylation is 2. The first-order valence-corrected chi connectivity index (χ1v) is 12.1. The highest BCUT2D eigenvalue weighted by Gasteiger charge is 2.30. The molecule has 1 fully saturated rings. The lowest BCUT2D eigenvalue weighted by Gasteiger charge is -2.36. The second kappa shape index (κ2) is 10.4. The molecule has 0 aliphatic carbocycles. The number of nitrogens with one attached hydrogen (secondary N) is 2. The number of benzene rings is 1. The van der Waals surface area contributed by atoms with Crippen LogP contribution in [0.4, 0.5) is 14.9 Å². The van der Waals surface area contributed by atoms with Crippen molar-refractivity contribution >= 4 is 21.7 Å². The van der Waals surface area contributed by atoms with Crippen LogP contribution in [0.3, 0.4) is 0 Å². The van der Waals surface area contributed by atoms with Gasteiger partial charge in [-0.15, -0.1) is 0 Å². The predicted octanol–water partition coefficient (Wildman–Crippen LogP) is 2.74. The van der Waals surface area contributed by atoms with E-state index in [0.29, 0.717) is 31.6 Å². The lowest BCUT2D eigenvalue weighted by Crippen LogP contribution is -2.47. The molecule has 2 heterocycles. The number of aromatic nitrogens is 1. The van der Waals surface area contributed by atoms with Crippen LogP contribution in [0.5, 0.6) is 0 Å². The molecule has 2 amide bonds. The Balaban J connectivity index is 1.42. The summed E-state index contributed by atoms with van der Waals surface area (Å²) in [6.45, 7) is 6.40. The number of carbonyl (C=O) groups excluding carboxylic acids is 1. The Hall–Kier alpha value is -2.56. The summed E-state index contributed by atoms with van der Waals surface area (Å²) in [7, 11) is -2.08. The molecular formula is C22H30FN5O3S. The average Bonchev–Trinajstić information content (AvgIpc) is 2.73. The van der Waals surface area contributed by atoms with Gasteiger partial charge in [0.1, 0.15) is 5.82 Å². The highest BCUT2D eigenvalue weighted by molar-refractivity contribution is 7.89. The van der Waals surface area contributed by atoms with Gasteiger partial charge in [-0.2, -0.15) is 4.31 Å². The van der Waals surface area contributed by atoms with Crippen molar-refractivity contribution in [3.63, 3.8) is 0 Å². The number of amides is 2. The number of likely N-dealkylation sites (tertiary alicyclic amines) is 1. The van der Waals surface area contributed by atoms with E-state index in [-0.39, 0.29) is 17.0 Å². The number of urea groups is 1. The molecule has 0 radical (unpaired) electrons. The van der Waals surface area contributed by atoms with Gasteiger partial charge in [0.15, 0.2) is 0 Å². The third kappa shape index (κ3) is 6.24. The summed E-state index contributed by atoms with van der Waals surface area (Å²) < 4.78 is 40.1. The molecule has 2 N–H and O–H groups in total. The Kier molecular flexibility index (Phi) is 7.81. The average molecular weight is 464 g/mol. The first-order chi connectivity index (χ1) is 15.1. The number of piperidine rings is 1. The molecule has 3 rings (SSSR count). The molecule has 2 aromatic rings. The fourth-order valence-electron chi connectivity index (χ4n) is 3.89. The molecule has 174 valence electrons. The van der Waals surface area contributed by atoms with E-state index in [2.05, 4.69) is 20.5 Å². The SMILES string of the molecule is Cc1cc(NC(=O)NCCN2CCC(N(C)S(=O)(=O)c3ccc(F)cc3)CC2)cc(C)n1. The number of carbonyl (C=O) groups is 1. The summed E-state index contributed by atoms with van der Waals surface area (Å²) in [5.41, 5.74) is 2.39. The van der Waals surface area contributed by atoms with Crippen LogP contribution in [0.15, 0.2) is 41.3 Å². The third-order valence-electron chi connectivity index (χ3n) is 5.61. The molecule has 10 heteroatoms. The van der Waals surface area contributed by atoms with Crippen molar-refractivity contribution in [3.8, 4) is 0 Å². The molecule has 1 aromatic carbocycles. The van der Waals surface area contributed by atoms with Crippen LogP contribution in [-0.4, -0.2) is 67.9 Å². The van der Waals surface area contributed by atoms with Gasteiger partial charge in [-0.05, 0) is 76.2 Å². The molecular weight excluding hydrogens is 433 g/mol. The van der Waals surface area contributed by atoms with E-state index >= 15 is 0 Å². The van der Waals surface area contributed by atoms with E-state index < -0.39 is 15.8 Å². The van der Waals surface area contributed by atoms with Crippen LogP contribution < -0.4 is 10.6 Å². The monoisotopic (exact) mass is 463 g/mol. The second-order valence-corrected chi connectivity index (χ2v) is 10.1. The minimum Gasteiger partial charge on any atom is -0.337 e. The quantitative estimate of drug-likeness (QED) is 0.659.